The van der Waals surface area contributed by atoms with Gasteiger partial charge in [0.2, 0.25) is 0 Å². The Morgan fingerprint density at radius 3 is 2.24 bits per heavy atom. The average molecular weight is 360 g/mol. The van der Waals surface area contributed by atoms with Crippen LogP contribution in [0.25, 0.3) is 0 Å². The van der Waals surface area contributed by atoms with Crippen molar-refractivity contribution in [3.63, 3.8) is 0 Å². The van der Waals surface area contributed by atoms with Gasteiger partial charge in [-0.3, -0.25) is 0 Å². The van der Waals surface area contributed by atoms with Gasteiger partial charge in [-0.1, -0.05) is 34.1 Å². The van der Waals surface area contributed by atoms with Crippen molar-refractivity contribution < 1.29 is 17.9 Å². The Kier molecular flexibility index (Phi) is 4.58. The molecule has 0 saturated heterocycles. The van der Waals surface area contributed by atoms with Gasteiger partial charge in [0.15, 0.2) is 0 Å². The largest absolute Gasteiger partial charge is 0.496 e. The minimum absolute atomic E-state index is 0.560. The van der Waals surface area contributed by atoms with E-state index in [2.05, 4.69) is 15.9 Å². The predicted octanol–water partition coefficient (Wildman–Crippen LogP) is 4.52. The minimum atomic E-state index is -4.35. The molecule has 0 fully saturated rings. The van der Waals surface area contributed by atoms with Crippen LogP contribution in [0.2, 0.25) is 0 Å². The van der Waals surface area contributed by atoms with Crippen molar-refractivity contribution >= 4 is 15.9 Å². The first-order chi connectivity index (χ1) is 9.82. The maximum atomic E-state index is 12.6. The van der Waals surface area contributed by atoms with Crippen molar-refractivity contribution in [1.29, 1.82) is 0 Å². The molecule has 0 aliphatic carbocycles. The number of benzene rings is 2. The lowest BCUT2D eigenvalue weighted by Crippen LogP contribution is -2.14. The summed E-state index contributed by atoms with van der Waals surface area (Å²) in [4.78, 5) is 0. The lowest BCUT2D eigenvalue weighted by Gasteiger charge is -2.17. The van der Waals surface area contributed by atoms with Crippen LogP contribution in [-0.2, 0) is 6.18 Å². The van der Waals surface area contributed by atoms with E-state index in [9.17, 15) is 13.2 Å². The number of methoxy groups -OCH3 is 1. The molecule has 1 atom stereocenters. The van der Waals surface area contributed by atoms with Crippen molar-refractivity contribution in [2.24, 2.45) is 5.73 Å². The molecule has 2 N–H and O–H groups in total. The van der Waals surface area contributed by atoms with Gasteiger partial charge in [0.05, 0.1) is 18.7 Å². The zero-order chi connectivity index (χ0) is 15.6. The maximum Gasteiger partial charge on any atom is 0.416 e. The fraction of sp³-hybridized carbons (Fsp3) is 0.200. The van der Waals surface area contributed by atoms with E-state index in [0.29, 0.717) is 16.9 Å². The van der Waals surface area contributed by atoms with E-state index in [4.69, 9.17) is 10.5 Å². The summed E-state index contributed by atoms with van der Waals surface area (Å²) in [5, 5.41) is 0. The highest BCUT2D eigenvalue weighted by Crippen LogP contribution is 2.33. The Balaban J connectivity index is 2.34. The normalized spacial score (nSPS) is 13.0. The molecule has 0 aliphatic rings. The van der Waals surface area contributed by atoms with Gasteiger partial charge >= 0.3 is 6.18 Å². The van der Waals surface area contributed by atoms with Crippen molar-refractivity contribution in [2.45, 2.75) is 12.2 Å². The molecule has 2 nitrogen and oxygen atoms in total. The molecule has 112 valence electrons. The zero-order valence-corrected chi connectivity index (χ0v) is 12.7. The van der Waals surface area contributed by atoms with Gasteiger partial charge < -0.3 is 10.5 Å². The summed E-state index contributed by atoms with van der Waals surface area (Å²) < 4.78 is 43.7. The summed E-state index contributed by atoms with van der Waals surface area (Å²) >= 11 is 3.33. The quantitative estimate of drug-likeness (QED) is 0.873. The van der Waals surface area contributed by atoms with E-state index < -0.39 is 17.8 Å². The van der Waals surface area contributed by atoms with Crippen LogP contribution in [0.1, 0.15) is 22.7 Å². The second kappa shape index (κ2) is 6.07. The monoisotopic (exact) mass is 359 g/mol. The SMILES string of the molecule is COc1cc(Br)ccc1C(N)c1ccc(C(F)(F)F)cc1. The van der Waals surface area contributed by atoms with Crippen LogP contribution in [0, 0.1) is 0 Å². The van der Waals surface area contributed by atoms with Crippen LogP contribution >= 0.6 is 15.9 Å². The van der Waals surface area contributed by atoms with Crippen LogP contribution < -0.4 is 10.5 Å². The molecule has 6 heteroatoms. The van der Waals surface area contributed by atoms with Crippen LogP contribution in [0.5, 0.6) is 5.75 Å². The molecule has 2 aromatic rings. The third kappa shape index (κ3) is 3.57. The zero-order valence-electron chi connectivity index (χ0n) is 11.1. The highest BCUT2D eigenvalue weighted by atomic mass is 79.9. The molecule has 21 heavy (non-hydrogen) atoms. The topological polar surface area (TPSA) is 35.2 Å². The van der Waals surface area contributed by atoms with Crippen molar-refractivity contribution in [3.05, 3.63) is 63.6 Å². The van der Waals surface area contributed by atoms with Gasteiger partial charge in [0.25, 0.3) is 0 Å². The Morgan fingerprint density at radius 1 is 1.10 bits per heavy atom. The number of halogens is 4. The molecule has 0 radical (unpaired) electrons. The molecule has 0 bridgehead atoms. The summed E-state index contributed by atoms with van der Waals surface area (Å²) in [5.41, 5.74) is 6.73. The second-order valence-corrected chi connectivity index (χ2v) is 5.40. The Labute approximate surface area is 128 Å². The summed E-state index contributed by atoms with van der Waals surface area (Å²) in [6.45, 7) is 0. The molecule has 2 rings (SSSR count). The van der Waals surface area contributed by atoms with Gasteiger partial charge in [-0.25, -0.2) is 0 Å². The Bertz CT molecular complexity index is 626. The van der Waals surface area contributed by atoms with E-state index in [0.717, 1.165) is 16.6 Å². The number of nitrogens with two attached hydrogens (primary N) is 1. The van der Waals surface area contributed by atoms with Crippen LogP contribution in [0.4, 0.5) is 13.2 Å². The van der Waals surface area contributed by atoms with Gasteiger partial charge in [-0.15, -0.1) is 0 Å². The van der Waals surface area contributed by atoms with E-state index in [1.807, 2.05) is 6.07 Å². The van der Waals surface area contributed by atoms with Crippen molar-refractivity contribution in [1.82, 2.24) is 0 Å². The Morgan fingerprint density at radius 2 is 1.71 bits per heavy atom. The lowest BCUT2D eigenvalue weighted by atomic mass is 9.97. The lowest BCUT2D eigenvalue weighted by molar-refractivity contribution is -0.137. The van der Waals surface area contributed by atoms with Crippen molar-refractivity contribution in [3.8, 4) is 5.75 Å². The fourth-order valence-electron chi connectivity index (χ4n) is 2.00. The number of alkyl halides is 3. The number of hydrogen-bond acceptors (Lipinski definition) is 2. The molecule has 0 aromatic heterocycles. The summed E-state index contributed by atoms with van der Waals surface area (Å²) in [5.74, 6) is 0.580. The number of rotatable bonds is 3. The maximum absolute atomic E-state index is 12.6. The number of ether oxygens (including phenoxy) is 1. The third-order valence-corrected chi connectivity index (χ3v) is 3.62. The summed E-state index contributed by atoms with van der Waals surface area (Å²) in [6, 6.07) is 9.62. The highest BCUT2D eigenvalue weighted by molar-refractivity contribution is 9.10. The van der Waals surface area contributed by atoms with Crippen LogP contribution in [0.15, 0.2) is 46.9 Å². The molecule has 0 amide bonds. The molecule has 0 heterocycles. The standard InChI is InChI=1S/C15H13BrF3NO/c1-21-13-8-11(16)6-7-12(13)14(20)9-2-4-10(5-3-9)15(17,18)19/h2-8,14H,20H2,1H3. The van der Waals surface area contributed by atoms with E-state index in [1.165, 1.54) is 19.2 Å². The Hall–Kier alpha value is -1.53. The second-order valence-electron chi connectivity index (χ2n) is 4.48. The van der Waals surface area contributed by atoms with Crippen LogP contribution in [0.3, 0.4) is 0 Å². The van der Waals surface area contributed by atoms with E-state index in [-0.39, 0.29) is 0 Å². The highest BCUT2D eigenvalue weighted by Gasteiger charge is 2.30. The van der Waals surface area contributed by atoms with Gasteiger partial charge in [-0.2, -0.15) is 13.2 Å². The van der Waals surface area contributed by atoms with Gasteiger partial charge in [0, 0.05) is 10.0 Å². The fourth-order valence-corrected chi connectivity index (χ4v) is 2.34. The predicted molar refractivity (Wildman–Crippen MR) is 78.2 cm³/mol. The third-order valence-electron chi connectivity index (χ3n) is 3.13. The molecular formula is C15H13BrF3NO. The van der Waals surface area contributed by atoms with E-state index >= 15 is 0 Å². The minimum Gasteiger partial charge on any atom is -0.496 e. The average Bonchev–Trinajstić information content (AvgIpc) is 2.45. The molecule has 2 aromatic carbocycles. The molecule has 0 saturated carbocycles. The molecular weight excluding hydrogens is 347 g/mol. The van der Waals surface area contributed by atoms with Crippen molar-refractivity contribution in [2.75, 3.05) is 7.11 Å². The van der Waals surface area contributed by atoms with E-state index in [1.54, 1.807) is 12.1 Å². The van der Waals surface area contributed by atoms with Gasteiger partial charge in [-0.05, 0) is 29.8 Å². The number of hydrogen-bond donors (Lipinski definition) is 1. The first kappa shape index (κ1) is 15.9. The molecule has 0 aliphatic heterocycles. The molecule has 0 spiro atoms. The molecule has 1 unspecified atom stereocenters. The smallest absolute Gasteiger partial charge is 0.416 e. The first-order valence-corrected chi connectivity index (χ1v) is 6.88. The summed E-state index contributed by atoms with van der Waals surface area (Å²) in [6.07, 6.45) is -4.35. The summed E-state index contributed by atoms with van der Waals surface area (Å²) in [7, 11) is 1.52. The van der Waals surface area contributed by atoms with Crippen LogP contribution in [-0.4, -0.2) is 7.11 Å². The first-order valence-electron chi connectivity index (χ1n) is 6.09. The van der Waals surface area contributed by atoms with Gasteiger partial charge in [0.1, 0.15) is 5.75 Å².